The molecule has 0 amide bonds. The highest BCUT2D eigenvalue weighted by atomic mass is 35.5. The molecule has 0 aliphatic rings. The first-order valence-electron chi connectivity index (χ1n) is 4.79. The largest absolute Gasteiger partial charge is 0.481 e. The molecule has 1 atom stereocenters. The first kappa shape index (κ1) is 13.3. The zero-order valence-corrected chi connectivity index (χ0v) is 10.8. The Kier molecular flexibility index (Phi) is 4.56. The maximum atomic E-state index is 11.9. The van der Waals surface area contributed by atoms with E-state index >= 15 is 0 Å². The number of aromatic nitrogens is 1. The minimum Gasteiger partial charge on any atom is -0.481 e. The average Bonchev–Trinajstić information content (AvgIpc) is 2.28. The third kappa shape index (κ3) is 3.35. The highest BCUT2D eigenvalue weighted by Gasteiger charge is 2.19. The van der Waals surface area contributed by atoms with Crippen molar-refractivity contribution in [3.63, 3.8) is 0 Å². The number of sulfone groups is 1. The second kappa shape index (κ2) is 5.50. The summed E-state index contributed by atoms with van der Waals surface area (Å²) < 4.78 is 28.7. The van der Waals surface area contributed by atoms with Gasteiger partial charge < -0.3 is 4.74 Å². The second-order valence-corrected chi connectivity index (χ2v) is 5.85. The molecule has 0 fully saturated rings. The van der Waals surface area contributed by atoms with Crippen molar-refractivity contribution in [2.24, 2.45) is 5.92 Å². The zero-order valence-electron chi connectivity index (χ0n) is 9.18. The van der Waals surface area contributed by atoms with Gasteiger partial charge in [-0.15, -0.1) is 11.6 Å². The van der Waals surface area contributed by atoms with Gasteiger partial charge in [-0.3, -0.25) is 0 Å². The van der Waals surface area contributed by atoms with Crippen molar-refractivity contribution in [2.45, 2.75) is 11.9 Å². The SMILES string of the molecule is COc1cccc(S(=O)(=O)CC(C)CCl)n1. The van der Waals surface area contributed by atoms with E-state index in [9.17, 15) is 8.42 Å². The van der Waals surface area contributed by atoms with Gasteiger partial charge in [-0.05, 0) is 12.0 Å². The van der Waals surface area contributed by atoms with Gasteiger partial charge >= 0.3 is 0 Å². The molecule has 0 saturated heterocycles. The molecular weight excluding hydrogens is 250 g/mol. The fourth-order valence-electron chi connectivity index (χ4n) is 1.19. The number of hydrogen-bond acceptors (Lipinski definition) is 4. The van der Waals surface area contributed by atoms with Crippen LogP contribution in [0.3, 0.4) is 0 Å². The molecule has 0 bridgehead atoms. The van der Waals surface area contributed by atoms with Crippen LogP contribution >= 0.6 is 11.6 Å². The summed E-state index contributed by atoms with van der Waals surface area (Å²) in [6, 6.07) is 4.66. The second-order valence-electron chi connectivity index (χ2n) is 3.56. The molecule has 1 rings (SSSR count). The van der Waals surface area contributed by atoms with Crippen LogP contribution in [0, 0.1) is 5.92 Å². The van der Waals surface area contributed by atoms with Crippen molar-refractivity contribution in [1.29, 1.82) is 0 Å². The zero-order chi connectivity index (χ0) is 12.2. The molecule has 0 N–H and O–H groups in total. The van der Waals surface area contributed by atoms with E-state index < -0.39 is 9.84 Å². The van der Waals surface area contributed by atoms with E-state index in [1.54, 1.807) is 19.1 Å². The average molecular weight is 264 g/mol. The molecule has 16 heavy (non-hydrogen) atoms. The number of pyridine rings is 1. The number of nitrogens with zero attached hydrogens (tertiary/aromatic N) is 1. The van der Waals surface area contributed by atoms with Crippen LogP contribution in [0.25, 0.3) is 0 Å². The number of rotatable bonds is 5. The van der Waals surface area contributed by atoms with Gasteiger partial charge in [0.1, 0.15) is 0 Å². The molecule has 1 aromatic heterocycles. The van der Waals surface area contributed by atoms with Crippen molar-refractivity contribution >= 4 is 21.4 Å². The van der Waals surface area contributed by atoms with Gasteiger partial charge in [-0.25, -0.2) is 13.4 Å². The Balaban J connectivity index is 2.98. The molecule has 4 nitrogen and oxygen atoms in total. The van der Waals surface area contributed by atoms with Crippen molar-refractivity contribution in [3.05, 3.63) is 18.2 Å². The van der Waals surface area contributed by atoms with Gasteiger partial charge in [0.2, 0.25) is 5.88 Å². The Morgan fingerprint density at radius 2 is 2.19 bits per heavy atom. The summed E-state index contributed by atoms with van der Waals surface area (Å²) in [5.74, 6) is 0.499. The number of ether oxygens (including phenoxy) is 1. The van der Waals surface area contributed by atoms with Crippen LogP contribution in [-0.4, -0.2) is 32.1 Å². The fraction of sp³-hybridized carbons (Fsp3) is 0.500. The molecular formula is C10H14ClNO3S. The summed E-state index contributed by atoms with van der Waals surface area (Å²) in [7, 11) is -1.94. The Morgan fingerprint density at radius 3 is 2.75 bits per heavy atom. The first-order valence-corrected chi connectivity index (χ1v) is 6.98. The standard InChI is InChI=1S/C10H14ClNO3S/c1-8(6-11)7-16(13,14)10-5-3-4-9(12-10)15-2/h3-5,8H,6-7H2,1-2H3. The van der Waals surface area contributed by atoms with Gasteiger partial charge in [-0.2, -0.15) is 0 Å². The Hall–Kier alpha value is -0.810. The Labute approximate surface area is 101 Å². The lowest BCUT2D eigenvalue weighted by atomic mass is 10.3. The van der Waals surface area contributed by atoms with E-state index in [1.165, 1.54) is 13.2 Å². The summed E-state index contributed by atoms with van der Waals surface area (Å²) in [5.41, 5.74) is 0. The van der Waals surface area contributed by atoms with Crippen LogP contribution in [0.5, 0.6) is 5.88 Å². The highest BCUT2D eigenvalue weighted by Crippen LogP contribution is 2.15. The topological polar surface area (TPSA) is 56.3 Å². The Bertz CT molecular complexity index is 447. The van der Waals surface area contributed by atoms with Crippen molar-refractivity contribution < 1.29 is 13.2 Å². The van der Waals surface area contributed by atoms with Crippen LogP contribution in [-0.2, 0) is 9.84 Å². The van der Waals surface area contributed by atoms with Gasteiger partial charge in [0.15, 0.2) is 14.9 Å². The summed E-state index contributed by atoms with van der Waals surface area (Å²) in [5, 5.41) is 0.0313. The van der Waals surface area contributed by atoms with E-state index in [1.807, 2.05) is 0 Å². The minimum absolute atomic E-state index is 0.00331. The van der Waals surface area contributed by atoms with Crippen LogP contribution < -0.4 is 4.74 Å². The molecule has 0 aliphatic heterocycles. The first-order chi connectivity index (χ1) is 7.49. The van der Waals surface area contributed by atoms with Crippen molar-refractivity contribution in [1.82, 2.24) is 4.98 Å². The monoisotopic (exact) mass is 263 g/mol. The van der Waals surface area contributed by atoms with E-state index in [0.29, 0.717) is 11.8 Å². The lowest BCUT2D eigenvalue weighted by Crippen LogP contribution is -2.16. The summed E-state index contributed by atoms with van der Waals surface area (Å²) in [6.45, 7) is 1.78. The molecule has 0 spiro atoms. The third-order valence-electron chi connectivity index (χ3n) is 1.99. The maximum absolute atomic E-state index is 11.9. The maximum Gasteiger partial charge on any atom is 0.214 e. The summed E-state index contributed by atoms with van der Waals surface area (Å²) in [6.07, 6.45) is 0. The molecule has 0 aromatic carbocycles. The minimum atomic E-state index is -3.38. The van der Waals surface area contributed by atoms with Crippen LogP contribution in [0.2, 0.25) is 0 Å². The van der Waals surface area contributed by atoms with E-state index in [2.05, 4.69) is 4.98 Å². The van der Waals surface area contributed by atoms with E-state index in [0.717, 1.165) is 0 Å². The van der Waals surface area contributed by atoms with Gasteiger partial charge in [0.05, 0.1) is 12.9 Å². The van der Waals surface area contributed by atoms with Gasteiger partial charge in [0.25, 0.3) is 0 Å². The van der Waals surface area contributed by atoms with Crippen LogP contribution in [0.15, 0.2) is 23.2 Å². The normalized spacial score (nSPS) is 13.4. The summed E-state index contributed by atoms with van der Waals surface area (Å²) >= 11 is 5.59. The van der Waals surface area contributed by atoms with Crippen molar-refractivity contribution in [2.75, 3.05) is 18.7 Å². The number of halogens is 1. The molecule has 0 saturated carbocycles. The van der Waals surface area contributed by atoms with Gasteiger partial charge in [-0.1, -0.05) is 13.0 Å². The number of hydrogen-bond donors (Lipinski definition) is 0. The van der Waals surface area contributed by atoms with E-state index in [-0.39, 0.29) is 16.7 Å². The molecule has 0 radical (unpaired) electrons. The van der Waals surface area contributed by atoms with Crippen LogP contribution in [0.4, 0.5) is 0 Å². The quantitative estimate of drug-likeness (QED) is 0.760. The summed E-state index contributed by atoms with van der Waals surface area (Å²) in [4.78, 5) is 3.90. The molecule has 1 heterocycles. The van der Waals surface area contributed by atoms with Gasteiger partial charge in [0, 0.05) is 11.9 Å². The lowest BCUT2D eigenvalue weighted by Gasteiger charge is -2.08. The predicted octanol–water partition coefficient (Wildman–Crippen LogP) is 1.74. The third-order valence-corrected chi connectivity index (χ3v) is 4.39. The van der Waals surface area contributed by atoms with Crippen LogP contribution in [0.1, 0.15) is 6.92 Å². The van der Waals surface area contributed by atoms with E-state index in [4.69, 9.17) is 16.3 Å². The Morgan fingerprint density at radius 1 is 1.50 bits per heavy atom. The predicted molar refractivity (Wildman–Crippen MR) is 62.7 cm³/mol. The molecule has 0 aliphatic carbocycles. The van der Waals surface area contributed by atoms with Crippen molar-refractivity contribution in [3.8, 4) is 5.88 Å². The lowest BCUT2D eigenvalue weighted by molar-refractivity contribution is 0.393. The molecule has 6 heteroatoms. The molecule has 1 aromatic rings. The molecule has 90 valence electrons. The fourth-order valence-corrected chi connectivity index (χ4v) is 2.98. The number of alkyl halides is 1. The number of methoxy groups -OCH3 is 1. The molecule has 1 unspecified atom stereocenters. The highest BCUT2D eigenvalue weighted by molar-refractivity contribution is 7.91. The smallest absolute Gasteiger partial charge is 0.214 e.